The third-order valence-electron chi connectivity index (χ3n) is 5.17. The van der Waals surface area contributed by atoms with Gasteiger partial charge in [-0.2, -0.15) is 0 Å². The van der Waals surface area contributed by atoms with Crippen LogP contribution in [0.5, 0.6) is 5.75 Å². The Morgan fingerprint density at radius 2 is 2.00 bits per heavy atom. The SMILES string of the molecule is CCCc1nc2cnc3cc(OCc4cccc([N+](=O)[O-])c4)ccc3c2n1CC(C)C. The third kappa shape index (κ3) is 4.35. The van der Waals surface area contributed by atoms with E-state index in [0.717, 1.165) is 52.7 Å². The van der Waals surface area contributed by atoms with Gasteiger partial charge in [0.2, 0.25) is 0 Å². The van der Waals surface area contributed by atoms with Crippen molar-refractivity contribution in [3.8, 4) is 5.75 Å². The number of nitrogens with zero attached hydrogens (tertiary/aromatic N) is 4. The van der Waals surface area contributed by atoms with Crippen molar-refractivity contribution in [2.24, 2.45) is 5.92 Å². The number of rotatable bonds is 8. The van der Waals surface area contributed by atoms with E-state index in [1.54, 1.807) is 6.07 Å². The largest absolute Gasteiger partial charge is 0.489 e. The van der Waals surface area contributed by atoms with E-state index >= 15 is 0 Å². The Hall–Kier alpha value is -3.48. The second kappa shape index (κ2) is 8.71. The number of hydrogen-bond acceptors (Lipinski definition) is 5. The van der Waals surface area contributed by atoms with Crippen molar-refractivity contribution in [2.45, 2.75) is 46.8 Å². The topological polar surface area (TPSA) is 83.1 Å². The standard InChI is InChI=1S/C24H26N4O3/c1-4-6-23-26-22-13-25-21-12-19(9-10-20(21)24(22)27(23)14-16(2)3)31-15-17-7-5-8-18(11-17)28(29)30/h5,7-13,16H,4,6,14-15H2,1-3H3. The summed E-state index contributed by atoms with van der Waals surface area (Å²) >= 11 is 0. The lowest BCUT2D eigenvalue weighted by Gasteiger charge is -2.13. The zero-order valence-corrected chi connectivity index (χ0v) is 18.0. The van der Waals surface area contributed by atoms with Crippen LogP contribution in [0, 0.1) is 16.0 Å². The van der Waals surface area contributed by atoms with Gasteiger partial charge >= 0.3 is 0 Å². The molecule has 4 aromatic rings. The van der Waals surface area contributed by atoms with E-state index < -0.39 is 4.92 Å². The Balaban J connectivity index is 1.67. The monoisotopic (exact) mass is 418 g/mol. The van der Waals surface area contributed by atoms with Crippen molar-refractivity contribution in [3.05, 3.63) is 70.2 Å². The fraction of sp³-hybridized carbons (Fsp3) is 0.333. The lowest BCUT2D eigenvalue weighted by atomic mass is 10.1. The molecule has 0 saturated heterocycles. The molecule has 0 aliphatic heterocycles. The van der Waals surface area contributed by atoms with Crippen LogP contribution in [0.1, 0.15) is 38.6 Å². The number of aryl methyl sites for hydroxylation is 1. The molecule has 7 heteroatoms. The first-order valence-electron chi connectivity index (χ1n) is 10.6. The van der Waals surface area contributed by atoms with Gasteiger partial charge in [0.15, 0.2) is 0 Å². The van der Waals surface area contributed by atoms with Gasteiger partial charge in [0.05, 0.1) is 22.2 Å². The van der Waals surface area contributed by atoms with E-state index in [1.807, 2.05) is 30.5 Å². The van der Waals surface area contributed by atoms with Gasteiger partial charge in [-0.1, -0.05) is 32.9 Å². The van der Waals surface area contributed by atoms with Gasteiger partial charge in [0.25, 0.3) is 5.69 Å². The highest BCUT2D eigenvalue weighted by Crippen LogP contribution is 2.29. The quantitative estimate of drug-likeness (QED) is 0.271. The number of ether oxygens (including phenoxy) is 1. The van der Waals surface area contributed by atoms with E-state index in [-0.39, 0.29) is 12.3 Å². The lowest BCUT2D eigenvalue weighted by molar-refractivity contribution is -0.384. The van der Waals surface area contributed by atoms with Crippen LogP contribution >= 0.6 is 0 Å². The van der Waals surface area contributed by atoms with Gasteiger partial charge in [0, 0.05) is 36.6 Å². The number of nitro benzene ring substituents is 1. The van der Waals surface area contributed by atoms with Crippen molar-refractivity contribution in [1.82, 2.24) is 14.5 Å². The third-order valence-corrected chi connectivity index (χ3v) is 5.17. The molecule has 0 saturated carbocycles. The van der Waals surface area contributed by atoms with Gasteiger partial charge in [0.1, 0.15) is 23.7 Å². The zero-order valence-electron chi connectivity index (χ0n) is 18.0. The van der Waals surface area contributed by atoms with E-state index in [0.29, 0.717) is 11.7 Å². The molecule has 0 atom stereocenters. The number of imidazole rings is 1. The highest BCUT2D eigenvalue weighted by Gasteiger charge is 2.15. The molecule has 0 aliphatic carbocycles. The van der Waals surface area contributed by atoms with Crippen molar-refractivity contribution in [1.29, 1.82) is 0 Å². The fourth-order valence-corrected chi connectivity index (χ4v) is 3.83. The molecular formula is C24H26N4O3. The van der Waals surface area contributed by atoms with Crippen LogP contribution in [0.4, 0.5) is 5.69 Å². The van der Waals surface area contributed by atoms with Crippen molar-refractivity contribution in [3.63, 3.8) is 0 Å². The second-order valence-corrected chi connectivity index (χ2v) is 8.17. The molecule has 2 heterocycles. The minimum atomic E-state index is -0.401. The maximum absolute atomic E-state index is 11.0. The molecule has 0 N–H and O–H groups in total. The van der Waals surface area contributed by atoms with Crippen molar-refractivity contribution < 1.29 is 9.66 Å². The minimum absolute atomic E-state index is 0.0602. The van der Waals surface area contributed by atoms with Crippen LogP contribution in [0.3, 0.4) is 0 Å². The highest BCUT2D eigenvalue weighted by atomic mass is 16.6. The maximum Gasteiger partial charge on any atom is 0.269 e. The van der Waals surface area contributed by atoms with Crippen molar-refractivity contribution in [2.75, 3.05) is 0 Å². The summed E-state index contributed by atoms with van der Waals surface area (Å²) in [5.41, 5.74) is 3.69. The molecule has 4 rings (SSSR count). The number of pyridine rings is 1. The predicted molar refractivity (Wildman–Crippen MR) is 121 cm³/mol. The zero-order chi connectivity index (χ0) is 22.0. The van der Waals surface area contributed by atoms with Crippen LogP contribution < -0.4 is 4.74 Å². The molecule has 160 valence electrons. The molecule has 7 nitrogen and oxygen atoms in total. The Morgan fingerprint density at radius 1 is 1.16 bits per heavy atom. The minimum Gasteiger partial charge on any atom is -0.489 e. The predicted octanol–water partition coefficient (Wildman–Crippen LogP) is 5.68. The Kier molecular flexibility index (Phi) is 5.84. The smallest absolute Gasteiger partial charge is 0.269 e. The summed E-state index contributed by atoms with van der Waals surface area (Å²) in [7, 11) is 0. The Bertz CT molecular complexity index is 1250. The summed E-state index contributed by atoms with van der Waals surface area (Å²) in [6, 6.07) is 12.4. The van der Waals surface area contributed by atoms with Crippen molar-refractivity contribution >= 4 is 27.6 Å². The number of benzene rings is 2. The molecule has 0 unspecified atom stereocenters. The van der Waals surface area contributed by atoms with Gasteiger partial charge < -0.3 is 9.30 Å². The summed E-state index contributed by atoms with van der Waals surface area (Å²) in [6.07, 6.45) is 3.81. The van der Waals surface area contributed by atoms with Crippen LogP contribution in [0.2, 0.25) is 0 Å². The van der Waals surface area contributed by atoms with Crippen LogP contribution in [-0.4, -0.2) is 19.5 Å². The highest BCUT2D eigenvalue weighted by molar-refractivity contribution is 6.02. The number of nitro groups is 1. The average molecular weight is 418 g/mol. The average Bonchev–Trinajstić information content (AvgIpc) is 3.09. The van der Waals surface area contributed by atoms with E-state index in [2.05, 4.69) is 30.3 Å². The number of non-ortho nitro benzene ring substituents is 1. The first-order valence-corrected chi connectivity index (χ1v) is 10.6. The summed E-state index contributed by atoms with van der Waals surface area (Å²) in [5.74, 6) is 2.29. The Labute approximate surface area is 180 Å². The Morgan fingerprint density at radius 3 is 2.74 bits per heavy atom. The molecule has 0 amide bonds. The van der Waals surface area contributed by atoms with E-state index in [9.17, 15) is 10.1 Å². The fourth-order valence-electron chi connectivity index (χ4n) is 3.83. The maximum atomic E-state index is 11.0. The molecule has 0 aliphatic rings. The van der Waals surface area contributed by atoms with Gasteiger partial charge in [-0.15, -0.1) is 0 Å². The first kappa shape index (κ1) is 20.8. The number of fused-ring (bicyclic) bond motifs is 3. The van der Waals surface area contributed by atoms with E-state index in [1.165, 1.54) is 12.1 Å². The summed E-state index contributed by atoms with van der Waals surface area (Å²) in [4.78, 5) is 20.0. The molecule has 0 bridgehead atoms. The summed E-state index contributed by atoms with van der Waals surface area (Å²) in [5, 5.41) is 12.0. The molecular weight excluding hydrogens is 392 g/mol. The summed E-state index contributed by atoms with van der Waals surface area (Å²) in [6.45, 7) is 7.76. The first-order chi connectivity index (χ1) is 15.0. The van der Waals surface area contributed by atoms with Crippen LogP contribution in [0.25, 0.3) is 21.9 Å². The van der Waals surface area contributed by atoms with Crippen LogP contribution in [0.15, 0.2) is 48.7 Å². The van der Waals surface area contributed by atoms with Gasteiger partial charge in [-0.3, -0.25) is 15.1 Å². The molecule has 0 radical (unpaired) electrons. The van der Waals surface area contributed by atoms with E-state index in [4.69, 9.17) is 9.72 Å². The van der Waals surface area contributed by atoms with Crippen LogP contribution in [-0.2, 0) is 19.6 Å². The summed E-state index contributed by atoms with van der Waals surface area (Å²) < 4.78 is 8.23. The number of aromatic nitrogens is 3. The lowest BCUT2D eigenvalue weighted by Crippen LogP contribution is -2.08. The van der Waals surface area contributed by atoms with Gasteiger partial charge in [-0.25, -0.2) is 4.98 Å². The molecule has 0 spiro atoms. The molecule has 31 heavy (non-hydrogen) atoms. The normalized spacial score (nSPS) is 11.5. The number of hydrogen-bond donors (Lipinski definition) is 0. The molecule has 2 aromatic carbocycles. The molecule has 2 aromatic heterocycles. The molecule has 0 fully saturated rings. The second-order valence-electron chi connectivity index (χ2n) is 8.17. The van der Waals surface area contributed by atoms with Gasteiger partial charge in [-0.05, 0) is 30.0 Å².